The summed E-state index contributed by atoms with van der Waals surface area (Å²) in [5.74, 6) is 0.0368. The fourth-order valence-electron chi connectivity index (χ4n) is 2.49. The van der Waals surface area contributed by atoms with E-state index >= 15 is 0 Å². The Kier molecular flexibility index (Phi) is 4.08. The number of thiophene rings is 1. The van der Waals surface area contributed by atoms with Gasteiger partial charge in [0.05, 0.1) is 6.54 Å². The quantitative estimate of drug-likeness (QED) is 0.921. The maximum absolute atomic E-state index is 12.7. The molecule has 4 heteroatoms. The number of carbonyl (C=O) groups excluding carboxylic acids is 1. The number of hydrogen-bond donors (Lipinski definition) is 1. The monoisotopic (exact) mass is 300 g/mol. The lowest BCUT2D eigenvalue weighted by Gasteiger charge is -2.25. The summed E-state index contributed by atoms with van der Waals surface area (Å²) in [5.41, 5.74) is 7.06. The first-order valence-electron chi connectivity index (χ1n) is 7.31. The summed E-state index contributed by atoms with van der Waals surface area (Å²) in [5, 5.41) is 0. The van der Waals surface area contributed by atoms with Gasteiger partial charge in [-0.3, -0.25) is 4.79 Å². The second kappa shape index (κ2) is 6.00. The van der Waals surface area contributed by atoms with Crippen LogP contribution in [0.3, 0.4) is 0 Å². The van der Waals surface area contributed by atoms with Crippen LogP contribution in [0.2, 0.25) is 0 Å². The molecule has 2 N–H and O–H groups in total. The zero-order valence-electron chi connectivity index (χ0n) is 12.2. The van der Waals surface area contributed by atoms with Crippen LogP contribution >= 0.6 is 11.3 Å². The van der Waals surface area contributed by atoms with Gasteiger partial charge in [0.2, 0.25) is 5.91 Å². The molecule has 1 saturated carbocycles. The summed E-state index contributed by atoms with van der Waals surface area (Å²) < 4.78 is 0. The highest BCUT2D eigenvalue weighted by molar-refractivity contribution is 7.11. The molecule has 3 nitrogen and oxygen atoms in total. The predicted molar refractivity (Wildman–Crippen MR) is 86.0 cm³/mol. The number of benzene rings is 1. The van der Waals surface area contributed by atoms with Gasteiger partial charge >= 0.3 is 0 Å². The van der Waals surface area contributed by atoms with Crippen molar-refractivity contribution in [3.63, 3.8) is 0 Å². The van der Waals surface area contributed by atoms with Crippen LogP contribution in [0.15, 0.2) is 42.5 Å². The Hall–Kier alpha value is -1.65. The minimum absolute atomic E-state index is 0.0368. The van der Waals surface area contributed by atoms with Crippen LogP contribution in [0.4, 0.5) is 0 Å². The minimum Gasteiger partial charge on any atom is -0.333 e. The van der Waals surface area contributed by atoms with Crippen LogP contribution in [0.25, 0.3) is 0 Å². The number of nitrogens with zero attached hydrogens (tertiary/aromatic N) is 1. The molecule has 1 amide bonds. The van der Waals surface area contributed by atoms with E-state index in [0.29, 0.717) is 12.6 Å². The van der Waals surface area contributed by atoms with E-state index in [1.807, 2.05) is 35.2 Å². The molecule has 1 aromatic heterocycles. The third-order valence-electron chi connectivity index (χ3n) is 3.82. The highest BCUT2D eigenvalue weighted by Crippen LogP contribution is 2.31. The van der Waals surface area contributed by atoms with Crippen molar-refractivity contribution in [1.82, 2.24) is 4.90 Å². The molecule has 0 aliphatic heterocycles. The summed E-state index contributed by atoms with van der Waals surface area (Å²) >= 11 is 1.75. The van der Waals surface area contributed by atoms with Gasteiger partial charge in [0, 0.05) is 15.8 Å². The smallest absolute Gasteiger partial charge is 0.244 e. The molecule has 1 aliphatic rings. The maximum Gasteiger partial charge on any atom is 0.244 e. The lowest BCUT2D eigenvalue weighted by atomic mass is 10.1. The minimum atomic E-state index is -0.562. The molecule has 1 aliphatic carbocycles. The van der Waals surface area contributed by atoms with Gasteiger partial charge in [-0.05, 0) is 37.5 Å². The molecule has 0 spiro atoms. The Labute approximate surface area is 129 Å². The standard InChI is InChI=1S/C17H20N2OS/c1-12-7-10-15(21-12)11-19(14-8-9-14)17(20)16(18)13-5-3-2-4-6-13/h2-7,10,14,16H,8-9,11,18H2,1H3/t16-/m1/s1. The molecule has 3 rings (SSSR count). The molecule has 1 atom stereocenters. The molecule has 0 radical (unpaired) electrons. The predicted octanol–water partition coefficient (Wildman–Crippen LogP) is 3.25. The third kappa shape index (κ3) is 3.34. The first-order valence-corrected chi connectivity index (χ1v) is 8.13. The largest absolute Gasteiger partial charge is 0.333 e. The Morgan fingerprint density at radius 1 is 1.29 bits per heavy atom. The van der Waals surface area contributed by atoms with Crippen molar-refractivity contribution >= 4 is 17.2 Å². The van der Waals surface area contributed by atoms with Gasteiger partial charge in [-0.25, -0.2) is 0 Å². The van der Waals surface area contributed by atoms with E-state index in [-0.39, 0.29) is 5.91 Å². The van der Waals surface area contributed by atoms with Crippen molar-refractivity contribution < 1.29 is 4.79 Å². The number of rotatable bonds is 5. The van der Waals surface area contributed by atoms with E-state index in [9.17, 15) is 4.79 Å². The Bertz CT molecular complexity index is 619. The molecule has 0 saturated heterocycles. The van der Waals surface area contributed by atoms with Gasteiger partial charge in [-0.15, -0.1) is 11.3 Å². The number of hydrogen-bond acceptors (Lipinski definition) is 3. The number of carbonyl (C=O) groups is 1. The average Bonchev–Trinajstić information content (AvgIpc) is 3.27. The number of aryl methyl sites for hydroxylation is 1. The van der Waals surface area contributed by atoms with Gasteiger partial charge < -0.3 is 10.6 Å². The van der Waals surface area contributed by atoms with Gasteiger partial charge in [-0.2, -0.15) is 0 Å². The zero-order chi connectivity index (χ0) is 14.8. The van der Waals surface area contributed by atoms with E-state index in [2.05, 4.69) is 19.1 Å². The molecule has 1 heterocycles. The number of nitrogens with two attached hydrogens (primary N) is 1. The lowest BCUT2D eigenvalue weighted by molar-refractivity contribution is -0.133. The fourth-order valence-corrected chi connectivity index (χ4v) is 3.38. The van der Waals surface area contributed by atoms with Crippen LogP contribution in [0.1, 0.15) is 34.2 Å². The van der Waals surface area contributed by atoms with Crippen molar-refractivity contribution in [2.75, 3.05) is 0 Å². The van der Waals surface area contributed by atoms with Crippen molar-refractivity contribution in [2.24, 2.45) is 5.73 Å². The molecule has 21 heavy (non-hydrogen) atoms. The molecule has 1 fully saturated rings. The summed E-state index contributed by atoms with van der Waals surface area (Å²) in [6.07, 6.45) is 2.19. The first-order chi connectivity index (χ1) is 10.1. The van der Waals surface area contributed by atoms with Crippen molar-refractivity contribution in [3.05, 3.63) is 57.8 Å². The Morgan fingerprint density at radius 2 is 2.00 bits per heavy atom. The average molecular weight is 300 g/mol. The maximum atomic E-state index is 12.7. The summed E-state index contributed by atoms with van der Waals surface area (Å²) in [7, 11) is 0. The molecule has 0 unspecified atom stereocenters. The van der Waals surface area contributed by atoms with E-state index in [4.69, 9.17) is 5.73 Å². The van der Waals surface area contributed by atoms with Crippen LogP contribution in [-0.4, -0.2) is 16.8 Å². The highest BCUT2D eigenvalue weighted by Gasteiger charge is 2.35. The van der Waals surface area contributed by atoms with Crippen LogP contribution in [-0.2, 0) is 11.3 Å². The van der Waals surface area contributed by atoms with Crippen molar-refractivity contribution in [3.8, 4) is 0 Å². The topological polar surface area (TPSA) is 46.3 Å². The molecular formula is C17H20N2OS. The lowest BCUT2D eigenvalue weighted by Crippen LogP contribution is -2.39. The van der Waals surface area contributed by atoms with Crippen molar-refractivity contribution in [2.45, 2.75) is 38.4 Å². The Morgan fingerprint density at radius 3 is 2.57 bits per heavy atom. The second-order valence-corrected chi connectivity index (χ2v) is 6.97. The van der Waals surface area contributed by atoms with Crippen LogP contribution in [0.5, 0.6) is 0 Å². The molecule has 2 aromatic rings. The highest BCUT2D eigenvalue weighted by atomic mass is 32.1. The fraction of sp³-hybridized carbons (Fsp3) is 0.353. The van der Waals surface area contributed by atoms with Gasteiger partial charge in [0.15, 0.2) is 0 Å². The van der Waals surface area contributed by atoms with E-state index in [1.165, 1.54) is 9.75 Å². The summed E-state index contributed by atoms with van der Waals surface area (Å²) in [6, 6.07) is 13.6. The first kappa shape index (κ1) is 14.3. The van der Waals surface area contributed by atoms with Crippen LogP contribution in [0, 0.1) is 6.92 Å². The van der Waals surface area contributed by atoms with Crippen molar-refractivity contribution in [1.29, 1.82) is 0 Å². The van der Waals surface area contributed by atoms with E-state index < -0.39 is 6.04 Å². The molecular weight excluding hydrogens is 280 g/mol. The third-order valence-corrected chi connectivity index (χ3v) is 4.80. The summed E-state index contributed by atoms with van der Waals surface area (Å²) in [4.78, 5) is 17.2. The number of amides is 1. The van der Waals surface area contributed by atoms with Gasteiger partial charge in [0.1, 0.15) is 6.04 Å². The van der Waals surface area contributed by atoms with E-state index in [1.54, 1.807) is 11.3 Å². The zero-order valence-corrected chi connectivity index (χ0v) is 13.0. The van der Waals surface area contributed by atoms with Crippen LogP contribution < -0.4 is 5.73 Å². The second-order valence-electron chi connectivity index (χ2n) is 5.60. The van der Waals surface area contributed by atoms with E-state index in [0.717, 1.165) is 18.4 Å². The Balaban J connectivity index is 1.76. The van der Waals surface area contributed by atoms with Gasteiger partial charge in [0.25, 0.3) is 0 Å². The normalized spacial score (nSPS) is 15.7. The van der Waals surface area contributed by atoms with Gasteiger partial charge in [-0.1, -0.05) is 30.3 Å². The molecule has 1 aromatic carbocycles. The SMILES string of the molecule is Cc1ccc(CN(C(=O)[C@H](N)c2ccccc2)C2CC2)s1. The summed E-state index contributed by atoms with van der Waals surface area (Å²) in [6.45, 7) is 2.77. The molecule has 0 bridgehead atoms. The molecule has 110 valence electrons.